The molecule has 0 atom stereocenters. The number of halogens is 1. The molecule has 0 aliphatic rings. The number of carbonyl (C=O) groups is 1. The van der Waals surface area contributed by atoms with Crippen LogP contribution in [0.5, 0.6) is 0 Å². The van der Waals surface area contributed by atoms with E-state index in [2.05, 4.69) is 28.4 Å². The molecule has 2 N–H and O–H groups in total. The van der Waals surface area contributed by atoms with E-state index in [4.69, 9.17) is 0 Å². The number of pyridine rings is 2. The van der Waals surface area contributed by atoms with Crippen LogP contribution in [-0.4, -0.2) is 20.4 Å². The van der Waals surface area contributed by atoms with E-state index in [1.807, 2.05) is 36.5 Å². The number of aromatic amines is 1. The van der Waals surface area contributed by atoms with Gasteiger partial charge in [0.2, 0.25) is 0 Å². The Bertz CT molecular complexity index is 1830. The van der Waals surface area contributed by atoms with Gasteiger partial charge in [-0.15, -0.1) is 0 Å². The summed E-state index contributed by atoms with van der Waals surface area (Å²) in [5.74, 6) is -0.948. The van der Waals surface area contributed by atoms with Crippen LogP contribution in [-0.2, 0) is 0 Å². The van der Waals surface area contributed by atoms with Crippen molar-refractivity contribution in [1.29, 1.82) is 0 Å². The number of aryl methyl sites for hydroxylation is 1. The van der Waals surface area contributed by atoms with E-state index in [9.17, 15) is 14.0 Å². The lowest BCUT2D eigenvalue weighted by Gasteiger charge is -2.13. The second-order valence-corrected chi connectivity index (χ2v) is 8.92. The number of amides is 1. The SMILES string of the molecule is C=C/C=C(\C=C)c1cnc2[nH]cc(-c3cccc(NC(=O)c4ccc(C)n(-c5ccc(F)cc5)c4=O)c3)c2c1. The molecule has 2 aromatic carbocycles. The zero-order chi connectivity index (χ0) is 27.5. The van der Waals surface area contributed by atoms with Crippen molar-refractivity contribution in [2.75, 3.05) is 5.32 Å². The van der Waals surface area contributed by atoms with Crippen molar-refractivity contribution in [2.45, 2.75) is 6.92 Å². The first-order valence-corrected chi connectivity index (χ1v) is 12.2. The molecule has 0 radical (unpaired) electrons. The number of benzene rings is 2. The van der Waals surface area contributed by atoms with Gasteiger partial charge < -0.3 is 10.3 Å². The first kappa shape index (κ1) is 25.4. The number of aromatic nitrogens is 3. The number of H-pyrrole nitrogens is 1. The Hall–Kier alpha value is -5.30. The van der Waals surface area contributed by atoms with Gasteiger partial charge in [-0.25, -0.2) is 9.37 Å². The number of nitrogens with zero attached hydrogens (tertiary/aromatic N) is 2. The molecule has 0 fully saturated rings. The number of allylic oxidation sites excluding steroid dienone is 4. The Balaban J connectivity index is 1.47. The van der Waals surface area contributed by atoms with Crippen LogP contribution in [0, 0.1) is 12.7 Å². The van der Waals surface area contributed by atoms with Crippen LogP contribution in [0.1, 0.15) is 21.6 Å². The maximum Gasteiger partial charge on any atom is 0.268 e. The minimum Gasteiger partial charge on any atom is -0.346 e. The Kier molecular flexibility index (Phi) is 6.89. The summed E-state index contributed by atoms with van der Waals surface area (Å²) in [7, 11) is 0. The zero-order valence-corrected chi connectivity index (χ0v) is 21.2. The van der Waals surface area contributed by atoms with Gasteiger partial charge in [0.15, 0.2) is 0 Å². The molecule has 5 aromatic rings. The standard InChI is InChI=1S/C32H25FN4O2/c1-4-7-21(5-2)23-17-28-29(19-35-30(28)34-18-23)22-8-6-9-25(16-22)36-31(38)27-15-10-20(3)37(32(27)39)26-13-11-24(33)12-14-26/h4-19H,1-2H2,3H3,(H,34,35)(H,36,38)/b21-7+. The zero-order valence-electron chi connectivity index (χ0n) is 21.2. The number of carbonyl (C=O) groups excluding carboxylic acids is 1. The molecule has 192 valence electrons. The molecular formula is C32H25FN4O2. The van der Waals surface area contributed by atoms with E-state index in [0.29, 0.717) is 17.1 Å². The summed E-state index contributed by atoms with van der Waals surface area (Å²) in [4.78, 5) is 34.2. The van der Waals surface area contributed by atoms with E-state index >= 15 is 0 Å². The molecular weight excluding hydrogens is 491 g/mol. The Morgan fingerprint density at radius 1 is 1.08 bits per heavy atom. The summed E-state index contributed by atoms with van der Waals surface area (Å²) in [6, 6.07) is 18.1. The van der Waals surface area contributed by atoms with Crippen LogP contribution in [0.4, 0.5) is 10.1 Å². The molecule has 0 bridgehead atoms. The number of hydrogen-bond donors (Lipinski definition) is 2. The number of rotatable bonds is 7. The molecule has 1 amide bonds. The van der Waals surface area contributed by atoms with E-state index in [1.54, 1.807) is 37.4 Å². The van der Waals surface area contributed by atoms with Gasteiger partial charge in [-0.3, -0.25) is 14.2 Å². The van der Waals surface area contributed by atoms with Crippen molar-refractivity contribution in [1.82, 2.24) is 14.5 Å². The first-order valence-electron chi connectivity index (χ1n) is 12.2. The molecule has 7 heteroatoms. The Morgan fingerprint density at radius 2 is 1.87 bits per heavy atom. The summed E-state index contributed by atoms with van der Waals surface area (Å²) in [6.45, 7) is 9.39. The van der Waals surface area contributed by atoms with E-state index in [-0.39, 0.29) is 5.56 Å². The average Bonchev–Trinajstić information content (AvgIpc) is 3.36. The molecule has 6 nitrogen and oxygen atoms in total. The van der Waals surface area contributed by atoms with Gasteiger partial charge in [0.25, 0.3) is 11.5 Å². The van der Waals surface area contributed by atoms with Gasteiger partial charge in [-0.05, 0) is 72.7 Å². The van der Waals surface area contributed by atoms with Crippen LogP contribution in [0.3, 0.4) is 0 Å². The van der Waals surface area contributed by atoms with E-state index < -0.39 is 17.3 Å². The van der Waals surface area contributed by atoms with Crippen molar-refractivity contribution >= 4 is 28.2 Å². The molecule has 3 heterocycles. The highest BCUT2D eigenvalue weighted by atomic mass is 19.1. The highest BCUT2D eigenvalue weighted by Gasteiger charge is 2.16. The van der Waals surface area contributed by atoms with Gasteiger partial charge in [0.05, 0.1) is 0 Å². The van der Waals surface area contributed by atoms with E-state index in [1.165, 1.54) is 34.9 Å². The molecule has 3 aromatic heterocycles. The third-order valence-corrected chi connectivity index (χ3v) is 6.42. The fourth-order valence-electron chi connectivity index (χ4n) is 4.49. The predicted octanol–water partition coefficient (Wildman–Crippen LogP) is 6.84. The van der Waals surface area contributed by atoms with E-state index in [0.717, 1.165) is 33.3 Å². The number of anilines is 1. The van der Waals surface area contributed by atoms with Gasteiger partial charge in [-0.2, -0.15) is 0 Å². The lowest BCUT2D eigenvalue weighted by atomic mass is 10.0. The highest BCUT2D eigenvalue weighted by Crippen LogP contribution is 2.31. The molecule has 5 rings (SSSR count). The lowest BCUT2D eigenvalue weighted by Crippen LogP contribution is -2.29. The fraction of sp³-hybridized carbons (Fsp3) is 0.0312. The molecule has 0 aliphatic carbocycles. The molecule has 0 aliphatic heterocycles. The van der Waals surface area contributed by atoms with Crippen molar-refractivity contribution in [3.05, 3.63) is 144 Å². The lowest BCUT2D eigenvalue weighted by molar-refractivity contribution is 0.102. The van der Waals surface area contributed by atoms with Gasteiger partial charge in [-0.1, -0.05) is 43.5 Å². The van der Waals surface area contributed by atoms with Gasteiger partial charge >= 0.3 is 0 Å². The Morgan fingerprint density at radius 3 is 2.62 bits per heavy atom. The van der Waals surface area contributed by atoms with Crippen LogP contribution >= 0.6 is 0 Å². The summed E-state index contributed by atoms with van der Waals surface area (Å²) in [5.41, 5.74) is 5.42. The monoisotopic (exact) mass is 516 g/mol. The number of hydrogen-bond acceptors (Lipinski definition) is 3. The minimum absolute atomic E-state index is 0.0257. The second kappa shape index (κ2) is 10.6. The van der Waals surface area contributed by atoms with Crippen LogP contribution < -0.4 is 10.9 Å². The molecule has 39 heavy (non-hydrogen) atoms. The van der Waals surface area contributed by atoms with Crippen LogP contribution in [0.2, 0.25) is 0 Å². The smallest absolute Gasteiger partial charge is 0.268 e. The summed E-state index contributed by atoms with van der Waals surface area (Å²) >= 11 is 0. The van der Waals surface area contributed by atoms with Gasteiger partial charge in [0.1, 0.15) is 17.0 Å². The largest absolute Gasteiger partial charge is 0.346 e. The van der Waals surface area contributed by atoms with Crippen LogP contribution in [0.15, 0.2) is 115 Å². The normalized spacial score (nSPS) is 11.4. The quantitative estimate of drug-likeness (QED) is 0.233. The molecule has 0 spiro atoms. The number of fused-ring (bicyclic) bond motifs is 1. The summed E-state index contributed by atoms with van der Waals surface area (Å²) in [5, 5.41) is 3.75. The predicted molar refractivity (Wildman–Crippen MR) is 155 cm³/mol. The highest BCUT2D eigenvalue weighted by molar-refractivity contribution is 6.05. The maximum atomic E-state index is 13.4. The van der Waals surface area contributed by atoms with Crippen molar-refractivity contribution in [2.24, 2.45) is 0 Å². The van der Waals surface area contributed by atoms with Crippen LogP contribution in [0.25, 0.3) is 33.4 Å². The third kappa shape index (κ3) is 4.98. The summed E-state index contributed by atoms with van der Waals surface area (Å²) < 4.78 is 14.8. The Labute approximate surface area is 224 Å². The van der Waals surface area contributed by atoms with Crippen molar-refractivity contribution in [3.8, 4) is 16.8 Å². The van der Waals surface area contributed by atoms with Gasteiger partial charge in [0, 0.05) is 46.0 Å². The van der Waals surface area contributed by atoms with Crippen molar-refractivity contribution < 1.29 is 9.18 Å². The average molecular weight is 517 g/mol. The molecule has 0 unspecified atom stereocenters. The molecule has 0 saturated heterocycles. The molecule has 0 saturated carbocycles. The fourth-order valence-corrected chi connectivity index (χ4v) is 4.49. The topological polar surface area (TPSA) is 79.8 Å². The number of nitrogens with one attached hydrogen (secondary N) is 2. The third-order valence-electron chi connectivity index (χ3n) is 6.42. The minimum atomic E-state index is -0.541. The maximum absolute atomic E-state index is 13.4. The van der Waals surface area contributed by atoms with Crippen molar-refractivity contribution in [3.63, 3.8) is 0 Å². The first-order chi connectivity index (χ1) is 18.9. The second-order valence-electron chi connectivity index (χ2n) is 8.92. The summed E-state index contributed by atoms with van der Waals surface area (Å²) in [6.07, 6.45) is 8.97.